The Hall–Kier alpha value is -4.00. The van der Waals surface area contributed by atoms with Crippen molar-refractivity contribution in [3.63, 3.8) is 0 Å². The van der Waals surface area contributed by atoms with Gasteiger partial charge in [0.1, 0.15) is 11.2 Å². The predicted octanol–water partition coefficient (Wildman–Crippen LogP) is 3.02. The van der Waals surface area contributed by atoms with Crippen molar-refractivity contribution in [2.45, 2.75) is 49.3 Å². The number of aromatic carboxylic acids is 1. The average Bonchev–Trinajstić information content (AvgIpc) is 3.04. The molecule has 3 aliphatic rings. The van der Waals surface area contributed by atoms with Gasteiger partial charge in [-0.05, 0) is 56.6 Å². The van der Waals surface area contributed by atoms with Crippen LogP contribution in [-0.4, -0.2) is 73.1 Å². The lowest BCUT2D eigenvalue weighted by Crippen LogP contribution is -2.46. The number of hydrogen-bond acceptors (Lipinski definition) is 9. The molecule has 43 heavy (non-hydrogen) atoms. The second kappa shape index (κ2) is 13.1. The number of ether oxygens (including phenoxy) is 1. The number of nitrogens with one attached hydrogen (secondary N) is 1. The largest absolute Gasteiger partial charge is 0.490 e. The normalized spacial score (nSPS) is 18.3. The lowest BCUT2D eigenvalue weighted by Gasteiger charge is -2.36. The van der Waals surface area contributed by atoms with Gasteiger partial charge in [-0.15, -0.1) is 11.8 Å². The van der Waals surface area contributed by atoms with E-state index in [0.717, 1.165) is 69.2 Å². The molecule has 0 saturated carbocycles. The quantitative estimate of drug-likeness (QED) is 0.340. The van der Waals surface area contributed by atoms with Gasteiger partial charge < -0.3 is 20.1 Å². The molecular formula is C31H34N6O5S. The molecule has 0 spiro atoms. The standard InChI is InChI=1S/C24H28N6O3S.C7H6O2/c31-22-2-1-19-24-29(23(32)14-27-19)8-5-18(30(22)24)15-28-6-3-16(4-7-28)25-12-17-11-21-20(13-26-17)33-9-10-34-21;8-7(9)6-4-2-1-3-5-6/h1-2,11,13-14,16,18,25H,3-10,12,15H2;1-5H,(H,8,9)/t18-;/m0./s1. The molecule has 0 radical (unpaired) electrons. The number of carbonyl (C=O) groups is 1. The molecule has 6 heterocycles. The van der Waals surface area contributed by atoms with Crippen LogP contribution >= 0.6 is 11.8 Å². The molecule has 12 heteroatoms. The fourth-order valence-corrected chi connectivity index (χ4v) is 6.74. The number of nitrogens with zero attached hydrogens (tertiary/aromatic N) is 5. The Kier molecular flexibility index (Phi) is 8.87. The topological polar surface area (TPSA) is 132 Å². The third kappa shape index (κ3) is 6.66. The number of pyridine rings is 2. The van der Waals surface area contributed by atoms with Gasteiger partial charge in [0, 0.05) is 37.5 Å². The Balaban J connectivity index is 0.000000315. The van der Waals surface area contributed by atoms with Crippen LogP contribution in [-0.2, 0) is 13.1 Å². The molecule has 0 aliphatic carbocycles. The van der Waals surface area contributed by atoms with Crippen molar-refractivity contribution in [2.75, 3.05) is 32.0 Å². The van der Waals surface area contributed by atoms with Crippen molar-refractivity contribution in [3.05, 3.63) is 92.9 Å². The minimum atomic E-state index is -0.879. The molecule has 2 N–H and O–H groups in total. The molecule has 0 unspecified atom stereocenters. The van der Waals surface area contributed by atoms with Crippen LogP contribution in [0.1, 0.15) is 41.4 Å². The number of carboxylic acid groups (broad SMARTS) is 1. The van der Waals surface area contributed by atoms with Crippen molar-refractivity contribution in [1.82, 2.24) is 29.3 Å². The minimum Gasteiger partial charge on any atom is -0.490 e. The van der Waals surface area contributed by atoms with Gasteiger partial charge in [-0.25, -0.2) is 9.78 Å². The van der Waals surface area contributed by atoms with Crippen LogP contribution in [0.25, 0.3) is 11.2 Å². The lowest BCUT2D eigenvalue weighted by atomic mass is 10.0. The van der Waals surface area contributed by atoms with Crippen molar-refractivity contribution < 1.29 is 14.6 Å². The van der Waals surface area contributed by atoms with E-state index < -0.39 is 5.97 Å². The first kappa shape index (κ1) is 29.1. The third-order valence-corrected chi connectivity index (χ3v) is 9.10. The summed E-state index contributed by atoms with van der Waals surface area (Å²) in [5, 5.41) is 12.1. The van der Waals surface area contributed by atoms with Crippen LogP contribution in [0.5, 0.6) is 5.75 Å². The number of carboxylic acids is 1. The fraction of sp³-hybridized carbons (Fsp3) is 0.387. The Morgan fingerprint density at radius 3 is 2.58 bits per heavy atom. The van der Waals surface area contributed by atoms with Crippen molar-refractivity contribution in [3.8, 4) is 5.75 Å². The van der Waals surface area contributed by atoms with Crippen LogP contribution in [0.3, 0.4) is 0 Å². The highest BCUT2D eigenvalue weighted by Crippen LogP contribution is 2.32. The molecule has 1 saturated heterocycles. The Labute approximate surface area is 252 Å². The van der Waals surface area contributed by atoms with Crippen LogP contribution in [0.4, 0.5) is 0 Å². The van der Waals surface area contributed by atoms with Gasteiger partial charge in [-0.3, -0.25) is 23.7 Å². The van der Waals surface area contributed by atoms with Crippen molar-refractivity contribution in [1.29, 1.82) is 0 Å². The summed E-state index contributed by atoms with van der Waals surface area (Å²) in [4.78, 5) is 47.7. The number of likely N-dealkylation sites (tertiary alicyclic amines) is 1. The summed E-state index contributed by atoms with van der Waals surface area (Å²) >= 11 is 1.83. The van der Waals surface area contributed by atoms with Gasteiger partial charge in [0.2, 0.25) is 0 Å². The number of piperidine rings is 1. The zero-order valence-corrected chi connectivity index (χ0v) is 24.5. The fourth-order valence-electron chi connectivity index (χ4n) is 5.88. The molecule has 3 aliphatic heterocycles. The van der Waals surface area contributed by atoms with Crippen LogP contribution in [0.15, 0.2) is 75.4 Å². The average molecular weight is 603 g/mol. The van der Waals surface area contributed by atoms with E-state index in [1.807, 2.05) is 18.0 Å². The van der Waals surface area contributed by atoms with E-state index >= 15 is 0 Å². The molecule has 224 valence electrons. The van der Waals surface area contributed by atoms with E-state index in [4.69, 9.17) is 9.84 Å². The maximum absolute atomic E-state index is 12.8. The van der Waals surface area contributed by atoms with E-state index in [9.17, 15) is 14.4 Å². The summed E-state index contributed by atoms with van der Waals surface area (Å²) in [5.74, 6) is 1.01. The molecule has 0 bridgehead atoms. The highest BCUT2D eigenvalue weighted by Gasteiger charge is 2.27. The molecule has 1 fully saturated rings. The summed E-state index contributed by atoms with van der Waals surface area (Å²) in [6.45, 7) is 4.93. The van der Waals surface area contributed by atoms with Gasteiger partial charge in [0.15, 0.2) is 5.75 Å². The summed E-state index contributed by atoms with van der Waals surface area (Å²) in [7, 11) is 0. The van der Waals surface area contributed by atoms with Gasteiger partial charge in [0.25, 0.3) is 11.1 Å². The highest BCUT2D eigenvalue weighted by atomic mass is 32.2. The molecule has 3 aromatic heterocycles. The number of fused-ring (bicyclic) bond motifs is 1. The third-order valence-electron chi connectivity index (χ3n) is 8.10. The number of rotatable bonds is 6. The zero-order chi connectivity index (χ0) is 29.8. The molecule has 0 amide bonds. The second-order valence-electron chi connectivity index (χ2n) is 10.9. The first-order chi connectivity index (χ1) is 21.0. The SMILES string of the molecule is O=C(O)c1ccccc1.O=c1cnc2ccc(=O)n3c2n1CC[C@H]3CN1CCC(NCc2cc3c(cn2)OCCS3)CC1. The van der Waals surface area contributed by atoms with Gasteiger partial charge >= 0.3 is 5.97 Å². The first-order valence-electron chi connectivity index (χ1n) is 14.6. The van der Waals surface area contributed by atoms with E-state index in [2.05, 4.69) is 26.3 Å². The van der Waals surface area contributed by atoms with Crippen molar-refractivity contribution >= 4 is 28.9 Å². The predicted molar refractivity (Wildman–Crippen MR) is 164 cm³/mol. The van der Waals surface area contributed by atoms with Crippen LogP contribution in [0, 0.1) is 0 Å². The molecular weight excluding hydrogens is 568 g/mol. The van der Waals surface area contributed by atoms with Gasteiger partial charge in [-0.1, -0.05) is 18.2 Å². The molecule has 7 rings (SSSR count). The highest BCUT2D eigenvalue weighted by molar-refractivity contribution is 7.99. The minimum absolute atomic E-state index is 0.0590. The number of thioether (sulfide) groups is 1. The lowest BCUT2D eigenvalue weighted by molar-refractivity contribution is 0.0697. The summed E-state index contributed by atoms with van der Waals surface area (Å²) in [6.07, 6.45) is 6.09. The summed E-state index contributed by atoms with van der Waals surface area (Å²) in [5.41, 5.74) is 2.54. The smallest absolute Gasteiger partial charge is 0.335 e. The van der Waals surface area contributed by atoms with Crippen LogP contribution < -0.4 is 21.2 Å². The molecule has 1 aromatic carbocycles. The zero-order valence-electron chi connectivity index (χ0n) is 23.7. The molecule has 11 nitrogen and oxygen atoms in total. The van der Waals surface area contributed by atoms with Gasteiger partial charge in [0.05, 0.1) is 41.2 Å². The van der Waals surface area contributed by atoms with Gasteiger partial charge in [-0.2, -0.15) is 0 Å². The van der Waals surface area contributed by atoms with E-state index in [1.54, 1.807) is 51.6 Å². The first-order valence-corrected chi connectivity index (χ1v) is 15.5. The second-order valence-corrected chi connectivity index (χ2v) is 12.0. The maximum atomic E-state index is 12.8. The summed E-state index contributed by atoms with van der Waals surface area (Å²) < 4.78 is 9.13. The van der Waals surface area contributed by atoms with E-state index in [-0.39, 0.29) is 17.2 Å². The van der Waals surface area contributed by atoms with E-state index in [1.165, 1.54) is 11.1 Å². The molecule has 1 atom stereocenters. The summed E-state index contributed by atoms with van der Waals surface area (Å²) in [6, 6.07) is 14.2. The number of aromatic nitrogens is 4. The Morgan fingerprint density at radius 1 is 1.00 bits per heavy atom. The Bertz CT molecular complexity index is 1710. The number of hydrogen-bond donors (Lipinski definition) is 2. The van der Waals surface area contributed by atoms with Crippen LogP contribution in [0.2, 0.25) is 0 Å². The number of benzene rings is 1. The Morgan fingerprint density at radius 2 is 1.81 bits per heavy atom. The number of aryl methyl sites for hydroxylation is 1. The molecule has 4 aromatic rings. The maximum Gasteiger partial charge on any atom is 0.335 e. The monoisotopic (exact) mass is 602 g/mol. The van der Waals surface area contributed by atoms with Crippen molar-refractivity contribution in [2.24, 2.45) is 0 Å². The van der Waals surface area contributed by atoms with E-state index in [0.29, 0.717) is 29.3 Å².